The summed E-state index contributed by atoms with van der Waals surface area (Å²) in [7, 11) is 0. The van der Waals surface area contributed by atoms with Crippen LogP contribution in [0.15, 0.2) is 22.7 Å². The Labute approximate surface area is 68.0 Å². The van der Waals surface area contributed by atoms with Crippen molar-refractivity contribution in [3.8, 4) is 0 Å². The molecule has 0 nitrogen and oxygen atoms in total. The highest BCUT2D eigenvalue weighted by Crippen LogP contribution is 2.24. The Kier molecular flexibility index (Phi) is 2.14. The van der Waals surface area contributed by atoms with Crippen molar-refractivity contribution < 1.29 is 0 Å². The largest absolute Gasteiger partial charge is 0.0831 e. The Morgan fingerprint density at radius 1 is 1.44 bits per heavy atom. The third-order valence-corrected chi connectivity index (χ3v) is 2.51. The molecule has 0 aliphatic rings. The molecule has 2 heteroatoms. The summed E-state index contributed by atoms with van der Waals surface area (Å²) in [4.78, 5) is 0. The molecule has 0 aromatic heterocycles. The summed E-state index contributed by atoms with van der Waals surface area (Å²) < 4.78 is 0.881. The third kappa shape index (κ3) is 1.46. The van der Waals surface area contributed by atoms with E-state index >= 15 is 0 Å². The fourth-order valence-electron chi connectivity index (χ4n) is 0.548. The van der Waals surface area contributed by atoms with Gasteiger partial charge in [0.05, 0.1) is 5.02 Å². The monoisotopic (exact) mass is 203 g/mol. The van der Waals surface area contributed by atoms with E-state index in [9.17, 15) is 0 Å². The molecule has 0 spiro atoms. The number of hydrogen-bond donors (Lipinski definition) is 0. The van der Waals surface area contributed by atoms with Crippen LogP contribution in [0.25, 0.3) is 0 Å². The van der Waals surface area contributed by atoms with E-state index in [1.165, 1.54) is 0 Å². The standard InChI is InChI=1S/C7H5BrCl/c1-5-3-2-4-6(9)7(5)8/h2-4H,1H2. The third-order valence-electron chi connectivity index (χ3n) is 1.03. The molecule has 1 aromatic rings. The predicted octanol–water partition coefficient (Wildman–Crippen LogP) is 3.28. The molecule has 0 heterocycles. The van der Waals surface area contributed by atoms with Crippen LogP contribution >= 0.6 is 27.5 Å². The van der Waals surface area contributed by atoms with Crippen molar-refractivity contribution in [3.63, 3.8) is 0 Å². The summed E-state index contributed by atoms with van der Waals surface area (Å²) in [6.45, 7) is 3.75. The van der Waals surface area contributed by atoms with Crippen LogP contribution in [-0.2, 0) is 0 Å². The second kappa shape index (κ2) is 2.72. The molecule has 1 rings (SSSR count). The van der Waals surface area contributed by atoms with Gasteiger partial charge >= 0.3 is 0 Å². The van der Waals surface area contributed by atoms with E-state index in [1.807, 2.05) is 18.2 Å². The minimum Gasteiger partial charge on any atom is -0.0831 e. The first-order valence-electron chi connectivity index (χ1n) is 2.48. The molecule has 0 saturated carbocycles. The summed E-state index contributed by atoms with van der Waals surface area (Å²) in [5.74, 6) is 0. The molecule has 0 unspecified atom stereocenters. The molecular formula is C7H5BrCl. The average Bonchev–Trinajstić information content (AvgIpc) is 1.83. The summed E-state index contributed by atoms with van der Waals surface area (Å²) in [6.07, 6.45) is 0. The van der Waals surface area contributed by atoms with Crippen LogP contribution in [0.4, 0.5) is 0 Å². The number of rotatable bonds is 0. The van der Waals surface area contributed by atoms with Gasteiger partial charge in [-0.3, -0.25) is 0 Å². The van der Waals surface area contributed by atoms with Gasteiger partial charge in [-0.1, -0.05) is 23.7 Å². The topological polar surface area (TPSA) is 0 Å². The maximum Gasteiger partial charge on any atom is 0.0550 e. The first kappa shape index (κ1) is 7.10. The summed E-state index contributed by atoms with van der Waals surface area (Å²) in [5, 5.41) is 0.711. The van der Waals surface area contributed by atoms with Crippen LogP contribution in [-0.4, -0.2) is 0 Å². The zero-order valence-electron chi connectivity index (χ0n) is 4.70. The van der Waals surface area contributed by atoms with Gasteiger partial charge in [-0.05, 0) is 34.5 Å². The quantitative estimate of drug-likeness (QED) is 0.608. The summed E-state index contributed by atoms with van der Waals surface area (Å²) in [5.41, 5.74) is 0.919. The lowest BCUT2D eigenvalue weighted by Gasteiger charge is -1.96. The van der Waals surface area contributed by atoms with Crippen LogP contribution in [0.5, 0.6) is 0 Å². The molecule has 0 atom stereocenters. The van der Waals surface area contributed by atoms with Crippen LogP contribution in [0.1, 0.15) is 5.56 Å². The van der Waals surface area contributed by atoms with Gasteiger partial charge in [0, 0.05) is 4.47 Å². The predicted molar refractivity (Wildman–Crippen MR) is 43.6 cm³/mol. The number of halogens is 2. The Bertz CT molecular complexity index is 200. The van der Waals surface area contributed by atoms with Gasteiger partial charge in [0.25, 0.3) is 0 Å². The first-order chi connectivity index (χ1) is 4.22. The first-order valence-corrected chi connectivity index (χ1v) is 3.65. The Balaban J connectivity index is 3.25. The smallest absolute Gasteiger partial charge is 0.0550 e. The highest BCUT2D eigenvalue weighted by atomic mass is 79.9. The SMILES string of the molecule is [CH2]c1cccc(Cl)c1Br. The number of hydrogen-bond acceptors (Lipinski definition) is 0. The molecule has 0 N–H and O–H groups in total. The van der Waals surface area contributed by atoms with E-state index < -0.39 is 0 Å². The zero-order valence-corrected chi connectivity index (χ0v) is 7.04. The van der Waals surface area contributed by atoms with Crippen molar-refractivity contribution >= 4 is 27.5 Å². The molecule has 47 valence electrons. The highest BCUT2D eigenvalue weighted by Gasteiger charge is 1.96. The molecule has 0 fully saturated rings. The lowest BCUT2D eigenvalue weighted by atomic mass is 10.2. The normalized spacial score (nSPS) is 9.67. The van der Waals surface area contributed by atoms with Crippen LogP contribution < -0.4 is 0 Å². The lowest BCUT2D eigenvalue weighted by Crippen LogP contribution is -1.73. The average molecular weight is 204 g/mol. The molecular weight excluding hydrogens is 199 g/mol. The van der Waals surface area contributed by atoms with Gasteiger partial charge < -0.3 is 0 Å². The molecule has 0 amide bonds. The van der Waals surface area contributed by atoms with E-state index in [-0.39, 0.29) is 0 Å². The van der Waals surface area contributed by atoms with Crippen LogP contribution in [0.2, 0.25) is 5.02 Å². The van der Waals surface area contributed by atoms with Crippen molar-refractivity contribution in [1.82, 2.24) is 0 Å². The van der Waals surface area contributed by atoms with Crippen LogP contribution in [0, 0.1) is 6.92 Å². The maximum atomic E-state index is 5.73. The lowest BCUT2D eigenvalue weighted by molar-refractivity contribution is 1.56. The van der Waals surface area contributed by atoms with Gasteiger partial charge in [0.1, 0.15) is 0 Å². The van der Waals surface area contributed by atoms with Crippen molar-refractivity contribution in [1.29, 1.82) is 0 Å². The highest BCUT2D eigenvalue weighted by molar-refractivity contribution is 9.10. The summed E-state index contributed by atoms with van der Waals surface area (Å²) in [6, 6.07) is 5.59. The second-order valence-corrected chi connectivity index (χ2v) is 2.91. The molecule has 1 radical (unpaired) electrons. The fraction of sp³-hybridized carbons (Fsp3) is 0. The Morgan fingerprint density at radius 2 is 2.11 bits per heavy atom. The molecule has 9 heavy (non-hydrogen) atoms. The minimum absolute atomic E-state index is 0.711. The number of benzene rings is 1. The van der Waals surface area contributed by atoms with E-state index in [1.54, 1.807) is 0 Å². The van der Waals surface area contributed by atoms with E-state index in [4.69, 9.17) is 11.6 Å². The maximum absolute atomic E-state index is 5.73. The Hall–Kier alpha value is -0.0100. The summed E-state index contributed by atoms with van der Waals surface area (Å²) >= 11 is 9.01. The van der Waals surface area contributed by atoms with Crippen molar-refractivity contribution in [2.45, 2.75) is 0 Å². The van der Waals surface area contributed by atoms with Crippen LogP contribution in [0.3, 0.4) is 0 Å². The van der Waals surface area contributed by atoms with Crippen molar-refractivity contribution in [2.24, 2.45) is 0 Å². The van der Waals surface area contributed by atoms with Gasteiger partial charge in [-0.2, -0.15) is 0 Å². The van der Waals surface area contributed by atoms with Crippen molar-refractivity contribution in [2.75, 3.05) is 0 Å². The second-order valence-electron chi connectivity index (χ2n) is 1.71. The van der Waals surface area contributed by atoms with Gasteiger partial charge in [0.15, 0.2) is 0 Å². The van der Waals surface area contributed by atoms with E-state index in [0.717, 1.165) is 10.0 Å². The fourth-order valence-corrected chi connectivity index (χ4v) is 1.01. The van der Waals surface area contributed by atoms with Gasteiger partial charge in [-0.25, -0.2) is 0 Å². The molecule has 0 aliphatic heterocycles. The Morgan fingerprint density at radius 3 is 2.56 bits per heavy atom. The van der Waals surface area contributed by atoms with Gasteiger partial charge in [0.2, 0.25) is 0 Å². The van der Waals surface area contributed by atoms with Crippen molar-refractivity contribution in [3.05, 3.63) is 40.2 Å². The molecule has 0 bridgehead atoms. The van der Waals surface area contributed by atoms with E-state index in [0.29, 0.717) is 5.02 Å². The molecule has 1 aromatic carbocycles. The molecule has 0 aliphatic carbocycles. The van der Waals surface area contributed by atoms with Gasteiger partial charge in [-0.15, -0.1) is 0 Å². The minimum atomic E-state index is 0.711. The van der Waals surface area contributed by atoms with E-state index in [2.05, 4.69) is 22.9 Å². The molecule has 0 saturated heterocycles. The zero-order chi connectivity index (χ0) is 6.85.